The van der Waals surface area contributed by atoms with Crippen molar-refractivity contribution in [3.05, 3.63) is 76.6 Å². The van der Waals surface area contributed by atoms with E-state index >= 15 is 0 Å². The van der Waals surface area contributed by atoms with Gasteiger partial charge < -0.3 is 25.2 Å². The highest BCUT2D eigenvalue weighted by atomic mass is 16.6. The minimum Gasteiger partial charge on any atom is -0.394 e. The Morgan fingerprint density at radius 3 is 2.09 bits per heavy atom. The highest BCUT2D eigenvalue weighted by Crippen LogP contribution is 2.33. The normalized spacial score (nSPS) is 25.3. The molecule has 0 saturated carbocycles. The predicted octanol–water partition coefficient (Wildman–Crippen LogP) is 0.421. The number of nitriles is 1. The predicted molar refractivity (Wildman–Crippen MR) is 113 cm³/mol. The number of hydrogen-bond donors (Lipinski definition) is 4. The summed E-state index contributed by atoms with van der Waals surface area (Å²) in [5, 5.41) is 54.5. The van der Waals surface area contributed by atoms with Crippen molar-refractivity contribution in [3.8, 4) is 28.5 Å². The van der Waals surface area contributed by atoms with Gasteiger partial charge in [0.15, 0.2) is 6.23 Å². The van der Waals surface area contributed by atoms with Crippen LogP contribution < -0.4 is 5.56 Å². The molecule has 2 heterocycles. The van der Waals surface area contributed by atoms with E-state index in [-0.39, 0.29) is 5.56 Å². The summed E-state index contributed by atoms with van der Waals surface area (Å²) in [5.74, 6) is 0. The fourth-order valence-corrected chi connectivity index (χ4v) is 3.79. The molecule has 1 aliphatic rings. The molecule has 4 rings (SSSR count). The minimum atomic E-state index is -1.73. The summed E-state index contributed by atoms with van der Waals surface area (Å²) >= 11 is 0. The molecular weight excluding hydrogens is 414 g/mol. The van der Waals surface area contributed by atoms with Gasteiger partial charge in [-0.05, 0) is 5.56 Å². The highest BCUT2D eigenvalue weighted by molar-refractivity contribution is 5.84. The number of nitrogens with zero attached hydrogens (tertiary/aromatic N) is 3. The number of aromatic nitrogens is 2. The number of aliphatic hydroxyl groups excluding tert-OH is 4. The second-order valence-electron chi connectivity index (χ2n) is 7.41. The number of hydrogen-bond acceptors (Lipinski definition) is 8. The molecule has 0 radical (unpaired) electrons. The molecule has 9 heteroatoms. The number of benzene rings is 2. The average molecular weight is 435 g/mol. The lowest BCUT2D eigenvalue weighted by Crippen LogP contribution is -2.58. The van der Waals surface area contributed by atoms with Crippen LogP contribution >= 0.6 is 0 Å². The Bertz CT molecular complexity index is 1190. The fraction of sp³-hybridized carbons (Fsp3) is 0.261. The zero-order valence-corrected chi connectivity index (χ0v) is 16.8. The summed E-state index contributed by atoms with van der Waals surface area (Å²) in [6, 6.07) is 19.7. The molecule has 9 nitrogen and oxygen atoms in total. The van der Waals surface area contributed by atoms with E-state index in [2.05, 4.69) is 5.10 Å². The Labute approximate surface area is 183 Å². The summed E-state index contributed by atoms with van der Waals surface area (Å²) in [7, 11) is 0. The molecule has 5 atom stereocenters. The van der Waals surface area contributed by atoms with E-state index < -0.39 is 42.8 Å². The third kappa shape index (κ3) is 3.71. The SMILES string of the molecule is N#Cc1c(-c2ccccc2)c(-c2ccccc2)nn([C@@H]2O[C@H](CO)[C@@H](O)[C@H](O)[C@H]2O)c1=O. The van der Waals surface area contributed by atoms with E-state index in [0.29, 0.717) is 22.4 Å². The molecule has 32 heavy (non-hydrogen) atoms. The molecule has 0 amide bonds. The van der Waals surface area contributed by atoms with Crippen LogP contribution in [0.5, 0.6) is 0 Å². The minimum absolute atomic E-state index is 0.220. The van der Waals surface area contributed by atoms with Crippen molar-refractivity contribution in [2.45, 2.75) is 30.6 Å². The summed E-state index contributed by atoms with van der Waals surface area (Å²) in [6.07, 6.45) is -7.77. The fourth-order valence-electron chi connectivity index (χ4n) is 3.79. The van der Waals surface area contributed by atoms with Crippen molar-refractivity contribution >= 4 is 0 Å². The largest absolute Gasteiger partial charge is 0.394 e. The molecule has 0 bridgehead atoms. The van der Waals surface area contributed by atoms with Gasteiger partial charge in [0.05, 0.1) is 6.61 Å². The smallest absolute Gasteiger partial charge is 0.287 e. The maximum atomic E-state index is 13.3. The molecule has 1 aliphatic heterocycles. The van der Waals surface area contributed by atoms with Gasteiger partial charge in [-0.1, -0.05) is 60.7 Å². The Morgan fingerprint density at radius 1 is 0.938 bits per heavy atom. The molecule has 0 spiro atoms. The molecule has 1 saturated heterocycles. The van der Waals surface area contributed by atoms with E-state index in [1.807, 2.05) is 12.1 Å². The lowest BCUT2D eigenvalue weighted by molar-refractivity contribution is -0.254. The lowest BCUT2D eigenvalue weighted by Gasteiger charge is -2.40. The third-order valence-corrected chi connectivity index (χ3v) is 5.45. The van der Waals surface area contributed by atoms with Crippen LogP contribution in [0.4, 0.5) is 0 Å². The van der Waals surface area contributed by atoms with Gasteiger partial charge in [-0.25, -0.2) is 0 Å². The average Bonchev–Trinajstić information content (AvgIpc) is 2.84. The van der Waals surface area contributed by atoms with Crippen molar-refractivity contribution in [1.82, 2.24) is 9.78 Å². The van der Waals surface area contributed by atoms with Crippen molar-refractivity contribution in [2.75, 3.05) is 6.61 Å². The second-order valence-corrected chi connectivity index (χ2v) is 7.41. The molecule has 4 N–H and O–H groups in total. The van der Waals surface area contributed by atoms with Crippen molar-refractivity contribution in [3.63, 3.8) is 0 Å². The first-order chi connectivity index (χ1) is 15.5. The number of aliphatic hydroxyl groups is 4. The third-order valence-electron chi connectivity index (χ3n) is 5.45. The van der Waals surface area contributed by atoms with Crippen molar-refractivity contribution in [1.29, 1.82) is 5.26 Å². The first kappa shape index (κ1) is 21.8. The Kier molecular flexibility index (Phi) is 6.14. The van der Waals surface area contributed by atoms with Crippen LogP contribution in [0, 0.1) is 11.3 Å². The Balaban J connectivity index is 1.99. The first-order valence-corrected chi connectivity index (χ1v) is 9.96. The zero-order valence-electron chi connectivity index (χ0n) is 16.8. The molecule has 1 fully saturated rings. The summed E-state index contributed by atoms with van der Waals surface area (Å²) in [5.41, 5.74) is 0.780. The quantitative estimate of drug-likeness (QED) is 0.461. The first-order valence-electron chi connectivity index (χ1n) is 9.96. The van der Waals surface area contributed by atoms with Crippen LogP contribution in [0.15, 0.2) is 65.5 Å². The molecule has 2 aromatic carbocycles. The molecule has 3 aromatic rings. The van der Waals surface area contributed by atoms with Crippen LogP contribution in [0.2, 0.25) is 0 Å². The van der Waals surface area contributed by atoms with Crippen LogP contribution in [0.1, 0.15) is 11.8 Å². The molecule has 0 unspecified atom stereocenters. The molecule has 0 aliphatic carbocycles. The van der Waals surface area contributed by atoms with Crippen LogP contribution in [-0.2, 0) is 4.74 Å². The van der Waals surface area contributed by atoms with Crippen LogP contribution in [0.25, 0.3) is 22.4 Å². The monoisotopic (exact) mass is 435 g/mol. The van der Waals surface area contributed by atoms with Gasteiger partial charge in [-0.2, -0.15) is 15.0 Å². The maximum Gasteiger partial charge on any atom is 0.287 e. The summed E-state index contributed by atoms with van der Waals surface area (Å²) in [6.45, 7) is -0.658. The second kappa shape index (κ2) is 9.00. The van der Waals surface area contributed by atoms with E-state index in [1.54, 1.807) is 54.6 Å². The van der Waals surface area contributed by atoms with Gasteiger partial charge in [0.2, 0.25) is 0 Å². The molecular formula is C23H21N3O6. The van der Waals surface area contributed by atoms with Crippen LogP contribution in [0.3, 0.4) is 0 Å². The van der Waals surface area contributed by atoms with Gasteiger partial charge in [0.1, 0.15) is 41.7 Å². The lowest BCUT2D eigenvalue weighted by atomic mass is 9.95. The number of rotatable bonds is 4. The van der Waals surface area contributed by atoms with Gasteiger partial charge in [-0.15, -0.1) is 0 Å². The zero-order chi connectivity index (χ0) is 22.8. The topological polar surface area (TPSA) is 149 Å². The van der Waals surface area contributed by atoms with E-state index in [1.165, 1.54) is 0 Å². The van der Waals surface area contributed by atoms with Gasteiger partial charge in [-0.3, -0.25) is 4.79 Å². The Morgan fingerprint density at radius 2 is 1.53 bits per heavy atom. The van der Waals surface area contributed by atoms with Gasteiger partial charge in [0.25, 0.3) is 5.56 Å². The van der Waals surface area contributed by atoms with Crippen LogP contribution in [-0.4, -0.2) is 61.2 Å². The number of ether oxygens (including phenoxy) is 1. The van der Waals surface area contributed by atoms with Crippen molar-refractivity contribution < 1.29 is 25.2 Å². The standard InChI is InChI=1S/C23H21N3O6/c24-11-15-17(13-7-3-1-4-8-13)18(14-9-5-2-6-10-14)25-26(22(15)31)23-21(30)20(29)19(28)16(12-27)32-23/h1-10,16,19-21,23,27-30H,12H2/t16-,19-,20+,21-,23-/m1/s1. The molecule has 164 valence electrons. The molecule has 1 aromatic heterocycles. The highest BCUT2D eigenvalue weighted by Gasteiger charge is 2.45. The van der Waals surface area contributed by atoms with Crippen molar-refractivity contribution in [2.24, 2.45) is 0 Å². The maximum absolute atomic E-state index is 13.3. The van der Waals surface area contributed by atoms with E-state index in [4.69, 9.17) is 4.74 Å². The summed E-state index contributed by atoms with van der Waals surface area (Å²) < 4.78 is 6.30. The van der Waals surface area contributed by atoms with Gasteiger partial charge >= 0.3 is 0 Å². The van der Waals surface area contributed by atoms with Gasteiger partial charge in [0, 0.05) is 11.1 Å². The summed E-state index contributed by atoms with van der Waals surface area (Å²) in [4.78, 5) is 13.3. The van der Waals surface area contributed by atoms with E-state index in [9.17, 15) is 30.5 Å². The Hall–Kier alpha value is -3.39. The van der Waals surface area contributed by atoms with E-state index in [0.717, 1.165) is 4.68 Å².